The van der Waals surface area contributed by atoms with Crippen molar-refractivity contribution in [2.24, 2.45) is 0 Å². The number of hydrogen-bond donors (Lipinski definition) is 1. The molecule has 0 bridgehead atoms. The van der Waals surface area contributed by atoms with Crippen LogP contribution in [0.5, 0.6) is 0 Å². The van der Waals surface area contributed by atoms with Crippen molar-refractivity contribution in [1.29, 1.82) is 0 Å². The second-order valence-electron chi connectivity index (χ2n) is 5.00. The van der Waals surface area contributed by atoms with E-state index in [1.54, 1.807) is 0 Å². The van der Waals surface area contributed by atoms with E-state index in [1.807, 2.05) is 0 Å². The minimum atomic E-state index is -4.75. The van der Waals surface area contributed by atoms with Crippen LogP contribution in [0.25, 0.3) is 0 Å². The third-order valence-electron chi connectivity index (χ3n) is 3.39. The summed E-state index contributed by atoms with van der Waals surface area (Å²) in [6.45, 7) is 0.884. The van der Waals surface area contributed by atoms with Crippen molar-refractivity contribution in [3.8, 4) is 0 Å². The summed E-state index contributed by atoms with van der Waals surface area (Å²) in [5.41, 5.74) is -1.67. The minimum Gasteiger partial charge on any atom is -0.314 e. The van der Waals surface area contributed by atoms with Crippen molar-refractivity contribution < 1.29 is 26.3 Å². The Balaban J connectivity index is 2.45. The zero-order valence-corrected chi connectivity index (χ0v) is 12.0. The Morgan fingerprint density at radius 1 is 1.00 bits per heavy atom. The van der Waals surface area contributed by atoms with Crippen LogP contribution in [0.15, 0.2) is 18.2 Å². The first-order valence-electron chi connectivity index (χ1n) is 6.48. The van der Waals surface area contributed by atoms with Crippen LogP contribution in [0.3, 0.4) is 0 Å². The topological polar surface area (TPSA) is 15.3 Å². The van der Waals surface area contributed by atoms with E-state index in [4.69, 9.17) is 11.6 Å². The van der Waals surface area contributed by atoms with Gasteiger partial charge in [-0.3, -0.25) is 4.90 Å². The van der Waals surface area contributed by atoms with E-state index in [9.17, 15) is 26.3 Å². The number of nitrogens with one attached hydrogen (secondary N) is 1. The Morgan fingerprint density at radius 3 is 2.09 bits per heavy atom. The van der Waals surface area contributed by atoms with Gasteiger partial charge in [0, 0.05) is 31.2 Å². The van der Waals surface area contributed by atoms with E-state index in [0.717, 1.165) is 11.0 Å². The fourth-order valence-corrected chi connectivity index (χ4v) is 2.72. The van der Waals surface area contributed by atoms with Gasteiger partial charge in [0.25, 0.3) is 0 Å². The Morgan fingerprint density at radius 2 is 1.59 bits per heavy atom. The zero-order chi connectivity index (χ0) is 16.5. The monoisotopic (exact) mass is 346 g/mol. The van der Waals surface area contributed by atoms with Crippen LogP contribution in [-0.4, -0.2) is 37.3 Å². The molecule has 0 amide bonds. The highest BCUT2D eigenvalue weighted by molar-refractivity contribution is 6.30. The molecule has 1 aromatic rings. The molecule has 1 aliphatic heterocycles. The van der Waals surface area contributed by atoms with Crippen LogP contribution in [0.2, 0.25) is 5.02 Å². The van der Waals surface area contributed by atoms with Gasteiger partial charge < -0.3 is 5.32 Å². The maximum absolute atomic E-state index is 13.4. The molecule has 1 fully saturated rings. The van der Waals surface area contributed by atoms with Crippen molar-refractivity contribution in [1.82, 2.24) is 10.2 Å². The molecule has 124 valence electrons. The van der Waals surface area contributed by atoms with Crippen LogP contribution < -0.4 is 5.32 Å². The average Bonchev–Trinajstić information content (AvgIpc) is 2.36. The number of piperazine rings is 1. The minimum absolute atomic E-state index is 0.0953. The second kappa shape index (κ2) is 6.25. The fourth-order valence-electron chi connectivity index (χ4n) is 2.48. The van der Waals surface area contributed by atoms with Gasteiger partial charge >= 0.3 is 12.4 Å². The van der Waals surface area contributed by atoms with Crippen LogP contribution in [0, 0.1) is 0 Å². The maximum atomic E-state index is 13.4. The van der Waals surface area contributed by atoms with Crippen LogP contribution in [0.1, 0.15) is 17.2 Å². The molecule has 2 rings (SSSR count). The smallest absolute Gasteiger partial charge is 0.314 e. The molecule has 1 heterocycles. The lowest BCUT2D eigenvalue weighted by Gasteiger charge is -2.36. The average molecular weight is 347 g/mol. The molecule has 0 unspecified atom stereocenters. The Bertz CT molecular complexity index is 522. The molecule has 0 saturated carbocycles. The highest BCUT2D eigenvalue weighted by Crippen LogP contribution is 2.41. The Kier molecular flexibility index (Phi) is 4.93. The molecule has 1 saturated heterocycles. The van der Waals surface area contributed by atoms with Crippen molar-refractivity contribution in [2.45, 2.75) is 18.4 Å². The largest absolute Gasteiger partial charge is 0.416 e. The Hall–Kier alpha value is -0.990. The first kappa shape index (κ1) is 17.4. The van der Waals surface area contributed by atoms with Gasteiger partial charge in [-0.25, -0.2) is 0 Å². The number of halogens is 7. The van der Waals surface area contributed by atoms with Crippen molar-refractivity contribution in [2.75, 3.05) is 26.2 Å². The standard InChI is InChI=1S/C13H13ClF6N2/c14-10-6-8(5-9(7-10)12(15,16)17)11(13(18,19)20)22-3-1-21-2-4-22/h5-7,11,21H,1-4H2/t11-/m1/s1. The first-order valence-corrected chi connectivity index (χ1v) is 6.86. The van der Waals surface area contributed by atoms with Crippen LogP contribution in [-0.2, 0) is 6.18 Å². The highest BCUT2D eigenvalue weighted by Gasteiger charge is 2.45. The molecule has 0 spiro atoms. The van der Waals surface area contributed by atoms with Gasteiger partial charge in [0.1, 0.15) is 6.04 Å². The lowest BCUT2D eigenvalue weighted by molar-refractivity contribution is -0.188. The molecular formula is C13H13ClF6N2. The molecule has 9 heteroatoms. The van der Waals surface area contributed by atoms with Gasteiger partial charge in [-0.1, -0.05) is 11.6 Å². The molecule has 0 aromatic heterocycles. The predicted octanol–water partition coefficient (Wildman–Crippen LogP) is 3.87. The lowest BCUT2D eigenvalue weighted by atomic mass is 10.0. The SMILES string of the molecule is FC(F)(F)c1cc(Cl)cc([C@@H](N2CCNCC2)C(F)(F)F)c1. The summed E-state index contributed by atoms with van der Waals surface area (Å²) in [6.07, 6.45) is -9.44. The van der Waals surface area contributed by atoms with Crippen molar-refractivity contribution in [3.63, 3.8) is 0 Å². The Labute approximate surface area is 128 Å². The summed E-state index contributed by atoms with van der Waals surface area (Å²) in [4.78, 5) is 1.11. The van der Waals surface area contributed by atoms with E-state index in [0.29, 0.717) is 25.2 Å². The van der Waals surface area contributed by atoms with Crippen LogP contribution >= 0.6 is 11.6 Å². The molecule has 0 aliphatic carbocycles. The number of nitrogens with zero attached hydrogens (tertiary/aromatic N) is 1. The molecule has 22 heavy (non-hydrogen) atoms. The second-order valence-corrected chi connectivity index (χ2v) is 5.44. The van der Waals surface area contributed by atoms with Gasteiger partial charge in [0.2, 0.25) is 0 Å². The number of rotatable bonds is 2. The quantitative estimate of drug-likeness (QED) is 0.818. The molecule has 1 atom stereocenters. The summed E-state index contributed by atoms with van der Waals surface area (Å²) >= 11 is 5.59. The molecule has 1 aliphatic rings. The molecule has 2 nitrogen and oxygen atoms in total. The van der Waals surface area contributed by atoms with Gasteiger partial charge in [-0.15, -0.1) is 0 Å². The highest BCUT2D eigenvalue weighted by atomic mass is 35.5. The maximum Gasteiger partial charge on any atom is 0.416 e. The third kappa shape index (κ3) is 4.05. The molecule has 0 radical (unpaired) electrons. The summed E-state index contributed by atoms with van der Waals surface area (Å²) in [6, 6.07) is -0.0198. The fraction of sp³-hybridized carbons (Fsp3) is 0.538. The van der Waals surface area contributed by atoms with Crippen molar-refractivity contribution >= 4 is 11.6 Å². The summed E-state index contributed by atoms with van der Waals surface area (Å²) in [7, 11) is 0. The van der Waals surface area contributed by atoms with Gasteiger partial charge in [-0.05, 0) is 23.8 Å². The number of alkyl halides is 6. The van der Waals surface area contributed by atoms with E-state index in [-0.39, 0.29) is 18.1 Å². The van der Waals surface area contributed by atoms with Gasteiger partial charge in [0.15, 0.2) is 0 Å². The summed E-state index contributed by atoms with van der Waals surface area (Å²) < 4.78 is 78.5. The molecule has 1 aromatic carbocycles. The van der Waals surface area contributed by atoms with E-state index in [2.05, 4.69) is 5.32 Å². The zero-order valence-electron chi connectivity index (χ0n) is 11.2. The van der Waals surface area contributed by atoms with Crippen molar-refractivity contribution in [3.05, 3.63) is 34.3 Å². The summed E-state index contributed by atoms with van der Waals surface area (Å²) in [5, 5.41) is 2.54. The number of hydrogen-bond acceptors (Lipinski definition) is 2. The van der Waals surface area contributed by atoms with E-state index < -0.39 is 29.5 Å². The van der Waals surface area contributed by atoms with Gasteiger partial charge in [0.05, 0.1) is 5.56 Å². The first-order chi connectivity index (χ1) is 10.1. The van der Waals surface area contributed by atoms with Crippen LogP contribution in [0.4, 0.5) is 26.3 Å². The normalized spacial score (nSPS) is 19.2. The lowest BCUT2D eigenvalue weighted by Crippen LogP contribution is -2.49. The van der Waals surface area contributed by atoms with E-state index in [1.165, 1.54) is 0 Å². The summed E-state index contributed by atoms with van der Waals surface area (Å²) in [5.74, 6) is 0. The third-order valence-corrected chi connectivity index (χ3v) is 3.61. The predicted molar refractivity (Wildman–Crippen MR) is 69.7 cm³/mol. The van der Waals surface area contributed by atoms with Gasteiger partial charge in [-0.2, -0.15) is 26.3 Å². The van der Waals surface area contributed by atoms with E-state index >= 15 is 0 Å². The molecular weight excluding hydrogens is 334 g/mol. The number of benzene rings is 1. The molecule has 1 N–H and O–H groups in total.